The quantitative estimate of drug-likeness (QED) is 0.851. The molecule has 0 spiro atoms. The number of nitrogens with zero attached hydrogens (tertiary/aromatic N) is 3. The number of pyridine rings is 1. The number of nitrogens with one attached hydrogen (secondary N) is 2. The Morgan fingerprint density at radius 2 is 2.20 bits per heavy atom. The van der Waals surface area contributed by atoms with Gasteiger partial charge in [0.15, 0.2) is 0 Å². The number of carbonyl (C=O) groups is 1. The number of likely N-dealkylation sites (tertiary alicyclic amines) is 1. The Balaban J connectivity index is 1.59. The molecule has 3 atom stereocenters. The molecule has 1 saturated heterocycles. The Labute approximate surface area is 149 Å². The molecule has 1 aliphatic heterocycles. The summed E-state index contributed by atoms with van der Waals surface area (Å²) in [5.41, 5.74) is 1.66. The summed E-state index contributed by atoms with van der Waals surface area (Å²) in [4.78, 5) is 21.1. The lowest BCUT2D eigenvalue weighted by molar-refractivity contribution is 0.0985. The fraction of sp³-hybridized carbons (Fsp3) is 0.667. The van der Waals surface area contributed by atoms with E-state index in [-0.39, 0.29) is 12.1 Å². The molecule has 2 amide bonds. The van der Waals surface area contributed by atoms with Crippen molar-refractivity contribution >= 4 is 17.4 Å². The lowest BCUT2D eigenvalue weighted by atomic mass is 10.1. The Morgan fingerprint density at radius 1 is 1.36 bits per heavy atom. The van der Waals surface area contributed by atoms with Gasteiger partial charge in [-0.3, -0.25) is 9.88 Å². The van der Waals surface area contributed by atoms with Crippen LogP contribution in [0.2, 0.25) is 0 Å². The SMILES string of the molecule is COC1CCN([C@@H]2CCC[C@@H]2NC(=O)Nc2ccncc2N(C)C)C1. The summed E-state index contributed by atoms with van der Waals surface area (Å²) in [6.07, 6.45) is 8.17. The van der Waals surface area contributed by atoms with Crippen molar-refractivity contribution in [2.75, 3.05) is 44.5 Å². The van der Waals surface area contributed by atoms with Crippen LogP contribution in [0.4, 0.5) is 16.2 Å². The van der Waals surface area contributed by atoms with Crippen molar-refractivity contribution in [3.8, 4) is 0 Å². The Hall–Kier alpha value is -1.86. The lowest BCUT2D eigenvalue weighted by Gasteiger charge is -2.30. The van der Waals surface area contributed by atoms with E-state index in [0.29, 0.717) is 12.1 Å². The highest BCUT2D eigenvalue weighted by Crippen LogP contribution is 2.28. The van der Waals surface area contributed by atoms with Gasteiger partial charge < -0.3 is 20.3 Å². The minimum atomic E-state index is -0.145. The zero-order valence-electron chi connectivity index (χ0n) is 15.4. The summed E-state index contributed by atoms with van der Waals surface area (Å²) in [5, 5.41) is 6.16. The first-order valence-corrected chi connectivity index (χ1v) is 9.04. The maximum Gasteiger partial charge on any atom is 0.319 e. The van der Waals surface area contributed by atoms with E-state index in [1.807, 2.05) is 25.1 Å². The fourth-order valence-electron chi connectivity index (χ4n) is 3.97. The molecule has 0 radical (unpaired) electrons. The Kier molecular flexibility index (Phi) is 5.75. The number of anilines is 2. The first kappa shape index (κ1) is 17.9. The van der Waals surface area contributed by atoms with Gasteiger partial charge in [0.25, 0.3) is 0 Å². The van der Waals surface area contributed by atoms with Crippen molar-refractivity contribution in [2.45, 2.75) is 43.9 Å². The smallest absolute Gasteiger partial charge is 0.319 e. The van der Waals surface area contributed by atoms with E-state index < -0.39 is 0 Å². The van der Waals surface area contributed by atoms with Crippen molar-refractivity contribution in [1.82, 2.24) is 15.2 Å². The van der Waals surface area contributed by atoms with Crippen LogP contribution in [0.25, 0.3) is 0 Å². The van der Waals surface area contributed by atoms with Crippen molar-refractivity contribution in [3.05, 3.63) is 18.5 Å². The fourth-order valence-corrected chi connectivity index (χ4v) is 3.97. The molecule has 7 nitrogen and oxygen atoms in total. The summed E-state index contributed by atoms with van der Waals surface area (Å²) < 4.78 is 5.48. The van der Waals surface area contributed by atoms with Gasteiger partial charge in [-0.15, -0.1) is 0 Å². The van der Waals surface area contributed by atoms with Crippen LogP contribution < -0.4 is 15.5 Å². The van der Waals surface area contributed by atoms with Gasteiger partial charge >= 0.3 is 6.03 Å². The number of carbonyl (C=O) groups excluding carboxylic acids is 1. The van der Waals surface area contributed by atoms with Crippen LogP contribution in [0.3, 0.4) is 0 Å². The minimum absolute atomic E-state index is 0.145. The van der Waals surface area contributed by atoms with Gasteiger partial charge in [0.2, 0.25) is 0 Å². The molecule has 1 aromatic heterocycles. The van der Waals surface area contributed by atoms with Gasteiger partial charge in [-0.05, 0) is 31.7 Å². The maximum atomic E-state index is 12.5. The van der Waals surface area contributed by atoms with Gasteiger partial charge in [0, 0.05) is 52.6 Å². The highest BCUT2D eigenvalue weighted by molar-refractivity contribution is 5.93. The van der Waals surface area contributed by atoms with Crippen LogP contribution in [-0.4, -0.2) is 68.4 Å². The standard InChI is InChI=1S/C18H29N5O2/c1-22(2)17-11-19-9-7-15(17)21-18(24)20-14-5-4-6-16(14)23-10-8-13(12-23)25-3/h7,9,11,13-14,16H,4-6,8,10,12H2,1-3H3,(H2,19,20,21,24)/t13?,14-,16+/m0/s1. The first-order valence-electron chi connectivity index (χ1n) is 9.04. The third-order valence-corrected chi connectivity index (χ3v) is 5.30. The van der Waals surface area contributed by atoms with Gasteiger partial charge in [0.1, 0.15) is 0 Å². The second-order valence-corrected chi connectivity index (χ2v) is 7.13. The normalized spacial score (nSPS) is 26.6. The number of hydrogen-bond acceptors (Lipinski definition) is 5. The third-order valence-electron chi connectivity index (χ3n) is 5.30. The van der Waals surface area contributed by atoms with Crippen molar-refractivity contribution in [3.63, 3.8) is 0 Å². The monoisotopic (exact) mass is 347 g/mol. The summed E-state index contributed by atoms with van der Waals surface area (Å²) in [6.45, 7) is 2.02. The van der Waals surface area contributed by atoms with E-state index in [0.717, 1.165) is 50.1 Å². The number of ether oxygens (including phenoxy) is 1. The number of hydrogen-bond donors (Lipinski definition) is 2. The van der Waals surface area contributed by atoms with Crippen LogP contribution in [0.5, 0.6) is 0 Å². The van der Waals surface area contributed by atoms with Gasteiger partial charge in [-0.1, -0.05) is 0 Å². The molecule has 1 aliphatic carbocycles. The second-order valence-electron chi connectivity index (χ2n) is 7.13. The van der Waals surface area contributed by atoms with E-state index in [9.17, 15) is 4.79 Å². The average Bonchev–Trinajstić information content (AvgIpc) is 3.23. The largest absolute Gasteiger partial charge is 0.380 e. The topological polar surface area (TPSA) is 69.7 Å². The minimum Gasteiger partial charge on any atom is -0.380 e. The van der Waals surface area contributed by atoms with Crippen LogP contribution in [0, 0.1) is 0 Å². The molecule has 25 heavy (non-hydrogen) atoms. The molecular formula is C18H29N5O2. The van der Waals surface area contributed by atoms with Gasteiger partial charge in [-0.2, -0.15) is 0 Å². The first-order chi connectivity index (χ1) is 12.1. The van der Waals surface area contributed by atoms with Crippen molar-refractivity contribution in [1.29, 1.82) is 0 Å². The molecule has 2 aliphatic rings. The van der Waals surface area contributed by atoms with Crippen LogP contribution in [-0.2, 0) is 4.74 Å². The summed E-state index contributed by atoms with van der Waals surface area (Å²) in [6, 6.07) is 2.29. The molecule has 1 unspecified atom stereocenters. The summed E-state index contributed by atoms with van der Waals surface area (Å²) in [7, 11) is 5.66. The van der Waals surface area contributed by atoms with Crippen molar-refractivity contribution < 1.29 is 9.53 Å². The van der Waals surface area contributed by atoms with Crippen LogP contribution in [0.1, 0.15) is 25.7 Å². The van der Waals surface area contributed by atoms with Gasteiger partial charge in [-0.25, -0.2) is 4.79 Å². The molecule has 138 valence electrons. The summed E-state index contributed by atoms with van der Waals surface area (Å²) >= 11 is 0. The maximum absolute atomic E-state index is 12.5. The number of aromatic nitrogens is 1. The third kappa shape index (κ3) is 4.22. The highest BCUT2D eigenvalue weighted by Gasteiger charge is 2.36. The van der Waals surface area contributed by atoms with E-state index in [1.165, 1.54) is 0 Å². The molecule has 2 fully saturated rings. The van der Waals surface area contributed by atoms with Gasteiger partial charge in [0.05, 0.1) is 23.7 Å². The molecule has 0 aromatic carbocycles. The number of methoxy groups -OCH3 is 1. The summed E-state index contributed by atoms with van der Waals surface area (Å²) in [5.74, 6) is 0. The van der Waals surface area contributed by atoms with Crippen LogP contribution in [0.15, 0.2) is 18.5 Å². The van der Waals surface area contributed by atoms with E-state index in [2.05, 4.69) is 20.5 Å². The van der Waals surface area contributed by atoms with E-state index in [4.69, 9.17) is 4.74 Å². The number of amides is 2. The molecule has 1 aromatic rings. The molecule has 0 bridgehead atoms. The molecule has 2 N–H and O–H groups in total. The molecule has 2 heterocycles. The van der Waals surface area contributed by atoms with E-state index >= 15 is 0 Å². The zero-order valence-corrected chi connectivity index (χ0v) is 15.4. The predicted molar refractivity (Wildman–Crippen MR) is 99.1 cm³/mol. The number of rotatable bonds is 5. The Morgan fingerprint density at radius 3 is 2.92 bits per heavy atom. The lowest BCUT2D eigenvalue weighted by Crippen LogP contribution is -2.49. The zero-order chi connectivity index (χ0) is 17.8. The second kappa shape index (κ2) is 8.01. The van der Waals surface area contributed by atoms with Crippen molar-refractivity contribution in [2.24, 2.45) is 0 Å². The predicted octanol–water partition coefficient (Wildman–Crippen LogP) is 1.91. The highest BCUT2D eigenvalue weighted by atomic mass is 16.5. The molecule has 1 saturated carbocycles. The number of urea groups is 1. The molecule has 7 heteroatoms. The molecular weight excluding hydrogens is 318 g/mol. The average molecular weight is 347 g/mol. The van der Waals surface area contributed by atoms with Crippen LogP contribution >= 0.6 is 0 Å². The van der Waals surface area contributed by atoms with E-state index in [1.54, 1.807) is 19.5 Å². The Bertz CT molecular complexity index is 595. The molecule has 3 rings (SSSR count).